The molecule has 0 aliphatic carbocycles. The van der Waals surface area contributed by atoms with Crippen LogP contribution in [0.2, 0.25) is 0 Å². The summed E-state index contributed by atoms with van der Waals surface area (Å²) in [4.78, 5) is 2.73. The van der Waals surface area contributed by atoms with Gasteiger partial charge in [-0.2, -0.15) is 0 Å². The lowest BCUT2D eigenvalue weighted by Crippen LogP contribution is -2.37. The highest BCUT2D eigenvalue weighted by molar-refractivity contribution is 7.80. The summed E-state index contributed by atoms with van der Waals surface area (Å²) in [7, 11) is 2.10. The number of nitrogens with zero attached hydrogens (tertiary/aromatic N) is 1. The lowest BCUT2D eigenvalue weighted by molar-refractivity contribution is 0.0855. The van der Waals surface area contributed by atoms with Crippen molar-refractivity contribution in [1.29, 1.82) is 0 Å². The van der Waals surface area contributed by atoms with Crippen LogP contribution in [0.4, 0.5) is 5.69 Å². The number of para-hydroxylation sites is 1. The van der Waals surface area contributed by atoms with Gasteiger partial charge in [0.2, 0.25) is 0 Å². The summed E-state index contributed by atoms with van der Waals surface area (Å²) in [5.74, 6) is 0. The zero-order valence-corrected chi connectivity index (χ0v) is 10.9. The predicted octanol–water partition coefficient (Wildman–Crippen LogP) is 1.94. The van der Waals surface area contributed by atoms with Gasteiger partial charge in [0.15, 0.2) is 0 Å². The van der Waals surface area contributed by atoms with Crippen LogP contribution >= 0.6 is 12.2 Å². The molecule has 1 aliphatic rings. The Kier molecular flexibility index (Phi) is 3.97. The lowest BCUT2D eigenvalue weighted by atomic mass is 10.0. The van der Waals surface area contributed by atoms with Crippen molar-refractivity contribution in [1.82, 2.24) is 0 Å². The van der Waals surface area contributed by atoms with E-state index < -0.39 is 0 Å². The average molecular weight is 250 g/mol. The van der Waals surface area contributed by atoms with Crippen molar-refractivity contribution < 1.29 is 4.74 Å². The Morgan fingerprint density at radius 3 is 2.65 bits per heavy atom. The Morgan fingerprint density at radius 2 is 2.00 bits per heavy atom. The van der Waals surface area contributed by atoms with Gasteiger partial charge in [0.1, 0.15) is 4.99 Å². The van der Waals surface area contributed by atoms with Crippen LogP contribution in [0.3, 0.4) is 0 Å². The monoisotopic (exact) mass is 250 g/mol. The standard InChI is InChI=1S/C13H18N2OS/c1-15(10-6-8-16-9-7-10)12-5-3-2-4-11(12)13(14)17/h2-5,10H,6-9H2,1H3,(H2,14,17). The molecule has 0 spiro atoms. The second-order valence-corrected chi connectivity index (χ2v) is 4.78. The first-order valence-electron chi connectivity index (χ1n) is 5.89. The van der Waals surface area contributed by atoms with Gasteiger partial charge >= 0.3 is 0 Å². The van der Waals surface area contributed by atoms with Crippen molar-refractivity contribution in [3.63, 3.8) is 0 Å². The Balaban J connectivity index is 2.23. The minimum Gasteiger partial charge on any atom is -0.389 e. The van der Waals surface area contributed by atoms with Crippen LogP contribution in [-0.4, -0.2) is 31.3 Å². The van der Waals surface area contributed by atoms with Gasteiger partial charge < -0.3 is 15.4 Å². The fourth-order valence-corrected chi connectivity index (χ4v) is 2.43. The maximum atomic E-state index is 5.76. The summed E-state index contributed by atoms with van der Waals surface area (Å²) >= 11 is 5.10. The van der Waals surface area contributed by atoms with E-state index in [0.717, 1.165) is 37.3 Å². The van der Waals surface area contributed by atoms with E-state index in [4.69, 9.17) is 22.7 Å². The van der Waals surface area contributed by atoms with Gasteiger partial charge in [-0.05, 0) is 25.0 Å². The SMILES string of the molecule is CN(c1ccccc1C(N)=S)C1CCOCC1. The van der Waals surface area contributed by atoms with Gasteiger partial charge in [-0.3, -0.25) is 0 Å². The van der Waals surface area contributed by atoms with Crippen LogP contribution in [0.1, 0.15) is 18.4 Å². The molecule has 0 amide bonds. The molecule has 0 atom stereocenters. The molecule has 1 aromatic rings. The van der Waals surface area contributed by atoms with E-state index >= 15 is 0 Å². The molecule has 1 fully saturated rings. The van der Waals surface area contributed by atoms with E-state index in [1.54, 1.807) is 0 Å². The third-order valence-electron chi connectivity index (χ3n) is 3.29. The molecule has 4 heteroatoms. The van der Waals surface area contributed by atoms with Gasteiger partial charge in [0, 0.05) is 37.6 Å². The zero-order valence-electron chi connectivity index (χ0n) is 10.1. The number of hydrogen-bond acceptors (Lipinski definition) is 3. The van der Waals surface area contributed by atoms with E-state index in [-0.39, 0.29) is 0 Å². The maximum absolute atomic E-state index is 5.76. The van der Waals surface area contributed by atoms with Crippen LogP contribution in [0.15, 0.2) is 24.3 Å². The number of nitrogens with two attached hydrogens (primary N) is 1. The first-order valence-corrected chi connectivity index (χ1v) is 6.30. The van der Waals surface area contributed by atoms with E-state index in [2.05, 4.69) is 18.0 Å². The van der Waals surface area contributed by atoms with Crippen LogP contribution in [0.5, 0.6) is 0 Å². The summed E-state index contributed by atoms with van der Waals surface area (Å²) in [5, 5.41) is 0. The summed E-state index contributed by atoms with van der Waals surface area (Å²) in [6.07, 6.45) is 2.12. The topological polar surface area (TPSA) is 38.5 Å². The normalized spacial score (nSPS) is 16.8. The van der Waals surface area contributed by atoms with Gasteiger partial charge in [-0.1, -0.05) is 24.4 Å². The van der Waals surface area contributed by atoms with Crippen LogP contribution in [0.25, 0.3) is 0 Å². The quantitative estimate of drug-likeness (QED) is 0.832. The summed E-state index contributed by atoms with van der Waals surface area (Å²) in [6.45, 7) is 1.68. The number of ether oxygens (including phenoxy) is 1. The number of benzene rings is 1. The van der Waals surface area contributed by atoms with Crippen molar-refractivity contribution in [3.05, 3.63) is 29.8 Å². The average Bonchev–Trinajstić information content (AvgIpc) is 2.39. The van der Waals surface area contributed by atoms with Crippen molar-refractivity contribution in [2.75, 3.05) is 25.2 Å². The largest absolute Gasteiger partial charge is 0.389 e. The minimum absolute atomic E-state index is 0.458. The van der Waals surface area contributed by atoms with Crippen molar-refractivity contribution in [2.45, 2.75) is 18.9 Å². The number of thiocarbonyl (C=S) groups is 1. The molecule has 0 bridgehead atoms. The van der Waals surface area contributed by atoms with E-state index in [1.165, 1.54) is 0 Å². The lowest BCUT2D eigenvalue weighted by Gasteiger charge is -2.34. The van der Waals surface area contributed by atoms with Gasteiger partial charge in [-0.15, -0.1) is 0 Å². The highest BCUT2D eigenvalue weighted by atomic mass is 32.1. The first-order chi connectivity index (χ1) is 8.20. The molecular formula is C13H18N2OS. The van der Waals surface area contributed by atoms with Crippen LogP contribution in [0, 0.1) is 0 Å². The summed E-state index contributed by atoms with van der Waals surface area (Å²) in [5.41, 5.74) is 7.83. The molecule has 0 saturated carbocycles. The Morgan fingerprint density at radius 1 is 1.35 bits per heavy atom. The van der Waals surface area contributed by atoms with Gasteiger partial charge in [0.25, 0.3) is 0 Å². The van der Waals surface area contributed by atoms with Crippen molar-refractivity contribution in [3.8, 4) is 0 Å². The number of hydrogen-bond donors (Lipinski definition) is 1. The maximum Gasteiger partial charge on any atom is 0.106 e. The van der Waals surface area contributed by atoms with Crippen molar-refractivity contribution >= 4 is 22.9 Å². The predicted molar refractivity (Wildman–Crippen MR) is 74.6 cm³/mol. The number of rotatable bonds is 3. The third-order valence-corrected chi connectivity index (χ3v) is 3.51. The molecule has 17 heavy (non-hydrogen) atoms. The van der Waals surface area contributed by atoms with Crippen molar-refractivity contribution in [2.24, 2.45) is 5.73 Å². The fraction of sp³-hybridized carbons (Fsp3) is 0.462. The van der Waals surface area contributed by atoms with Gasteiger partial charge in [-0.25, -0.2) is 0 Å². The smallest absolute Gasteiger partial charge is 0.106 e. The molecule has 1 aliphatic heterocycles. The zero-order chi connectivity index (χ0) is 12.3. The summed E-state index contributed by atoms with van der Waals surface area (Å²) < 4.78 is 5.39. The Hall–Kier alpha value is -1.13. The molecule has 2 rings (SSSR count). The molecule has 0 unspecified atom stereocenters. The van der Waals surface area contributed by atoms with Gasteiger partial charge in [0.05, 0.1) is 0 Å². The second kappa shape index (κ2) is 5.47. The molecule has 3 nitrogen and oxygen atoms in total. The molecule has 0 radical (unpaired) electrons. The molecule has 92 valence electrons. The fourth-order valence-electron chi connectivity index (χ4n) is 2.26. The number of anilines is 1. The Labute approximate surface area is 108 Å². The molecule has 1 heterocycles. The molecule has 1 saturated heterocycles. The Bertz CT molecular complexity index is 402. The second-order valence-electron chi connectivity index (χ2n) is 4.34. The van der Waals surface area contributed by atoms with E-state index in [9.17, 15) is 0 Å². The molecule has 1 aromatic carbocycles. The molecule has 0 aromatic heterocycles. The highest BCUT2D eigenvalue weighted by Crippen LogP contribution is 2.24. The third kappa shape index (κ3) is 2.76. The highest BCUT2D eigenvalue weighted by Gasteiger charge is 2.20. The first kappa shape index (κ1) is 12.3. The molecule has 2 N–H and O–H groups in total. The molecular weight excluding hydrogens is 232 g/mol. The van der Waals surface area contributed by atoms with E-state index in [1.807, 2.05) is 18.2 Å². The van der Waals surface area contributed by atoms with Crippen LogP contribution in [-0.2, 0) is 4.74 Å². The minimum atomic E-state index is 0.458. The van der Waals surface area contributed by atoms with E-state index in [0.29, 0.717) is 11.0 Å². The summed E-state index contributed by atoms with van der Waals surface area (Å²) in [6, 6.07) is 8.56. The van der Waals surface area contributed by atoms with Crippen LogP contribution < -0.4 is 10.6 Å².